The predicted molar refractivity (Wildman–Crippen MR) is 81.7 cm³/mol. The van der Waals surface area contributed by atoms with E-state index in [1.807, 2.05) is 19.2 Å². The van der Waals surface area contributed by atoms with Crippen molar-refractivity contribution in [2.24, 2.45) is 5.41 Å². The van der Waals surface area contributed by atoms with Crippen LogP contribution in [0.5, 0.6) is 5.75 Å². The zero-order valence-electron chi connectivity index (χ0n) is 13.0. The molecule has 0 fully saturated rings. The van der Waals surface area contributed by atoms with E-state index < -0.39 is 0 Å². The molecular formula is C16H28N2O. The van der Waals surface area contributed by atoms with Crippen LogP contribution in [0.15, 0.2) is 24.3 Å². The Morgan fingerprint density at radius 3 is 2.32 bits per heavy atom. The van der Waals surface area contributed by atoms with Crippen LogP contribution in [0.4, 0.5) is 0 Å². The van der Waals surface area contributed by atoms with Crippen molar-refractivity contribution in [2.45, 2.75) is 27.3 Å². The number of rotatable bonds is 7. The molecule has 0 aliphatic rings. The van der Waals surface area contributed by atoms with E-state index in [1.54, 1.807) is 0 Å². The summed E-state index contributed by atoms with van der Waals surface area (Å²) in [5, 5.41) is 3.14. The molecule has 0 heterocycles. The molecule has 0 aliphatic heterocycles. The second kappa shape index (κ2) is 7.51. The van der Waals surface area contributed by atoms with Gasteiger partial charge in [-0.25, -0.2) is 0 Å². The van der Waals surface area contributed by atoms with Crippen LogP contribution in [-0.4, -0.2) is 38.7 Å². The molecule has 1 rings (SSSR count). The van der Waals surface area contributed by atoms with Crippen molar-refractivity contribution >= 4 is 0 Å². The quantitative estimate of drug-likeness (QED) is 0.819. The van der Waals surface area contributed by atoms with Gasteiger partial charge in [0.25, 0.3) is 0 Å². The molecule has 0 unspecified atom stereocenters. The lowest BCUT2D eigenvalue weighted by Gasteiger charge is -2.26. The molecule has 19 heavy (non-hydrogen) atoms. The molecule has 3 nitrogen and oxygen atoms in total. The van der Waals surface area contributed by atoms with Gasteiger partial charge in [-0.2, -0.15) is 0 Å². The largest absolute Gasteiger partial charge is 0.492 e. The standard InChI is InChI=1S/C16H28N2O/c1-16(2,3)13-18(5)10-11-19-15-8-6-14(7-9-15)12-17-4/h6-9,17H,10-13H2,1-5H3. The molecule has 1 aromatic carbocycles. The first-order valence-corrected chi connectivity index (χ1v) is 6.95. The van der Waals surface area contributed by atoms with E-state index in [9.17, 15) is 0 Å². The number of benzene rings is 1. The zero-order valence-corrected chi connectivity index (χ0v) is 13.0. The average molecular weight is 264 g/mol. The van der Waals surface area contributed by atoms with Gasteiger partial charge in [-0.05, 0) is 37.2 Å². The van der Waals surface area contributed by atoms with Crippen molar-refractivity contribution in [1.29, 1.82) is 0 Å². The Balaban J connectivity index is 2.29. The van der Waals surface area contributed by atoms with E-state index in [0.717, 1.165) is 32.0 Å². The van der Waals surface area contributed by atoms with Gasteiger partial charge in [0.15, 0.2) is 0 Å². The smallest absolute Gasteiger partial charge is 0.119 e. The fourth-order valence-corrected chi connectivity index (χ4v) is 2.12. The third-order valence-electron chi connectivity index (χ3n) is 2.79. The Kier molecular flexibility index (Phi) is 6.32. The second-order valence-corrected chi connectivity index (χ2v) is 6.32. The van der Waals surface area contributed by atoms with E-state index in [4.69, 9.17) is 4.74 Å². The summed E-state index contributed by atoms with van der Waals surface area (Å²) in [4.78, 5) is 2.31. The maximum Gasteiger partial charge on any atom is 0.119 e. The molecule has 0 amide bonds. The summed E-state index contributed by atoms with van der Waals surface area (Å²) in [7, 11) is 4.10. The van der Waals surface area contributed by atoms with E-state index in [-0.39, 0.29) is 0 Å². The summed E-state index contributed by atoms with van der Waals surface area (Å²) >= 11 is 0. The topological polar surface area (TPSA) is 24.5 Å². The average Bonchev–Trinajstić information content (AvgIpc) is 2.29. The SMILES string of the molecule is CNCc1ccc(OCCN(C)CC(C)(C)C)cc1. The van der Waals surface area contributed by atoms with Crippen molar-refractivity contribution < 1.29 is 4.74 Å². The van der Waals surface area contributed by atoms with Gasteiger partial charge < -0.3 is 15.0 Å². The molecule has 0 atom stereocenters. The van der Waals surface area contributed by atoms with Gasteiger partial charge in [-0.3, -0.25) is 0 Å². The summed E-state index contributed by atoms with van der Waals surface area (Å²) in [6.45, 7) is 10.4. The molecule has 0 saturated heterocycles. The fraction of sp³-hybridized carbons (Fsp3) is 0.625. The maximum atomic E-state index is 5.76. The van der Waals surface area contributed by atoms with Gasteiger partial charge in [0, 0.05) is 19.6 Å². The lowest BCUT2D eigenvalue weighted by atomic mass is 9.96. The Hall–Kier alpha value is -1.06. The molecule has 3 heteroatoms. The van der Waals surface area contributed by atoms with Crippen LogP contribution in [0.1, 0.15) is 26.3 Å². The van der Waals surface area contributed by atoms with Gasteiger partial charge in [0.2, 0.25) is 0 Å². The first kappa shape index (κ1) is 16.0. The van der Waals surface area contributed by atoms with E-state index >= 15 is 0 Å². The highest BCUT2D eigenvalue weighted by Gasteiger charge is 2.13. The molecule has 0 saturated carbocycles. The fourth-order valence-electron chi connectivity index (χ4n) is 2.12. The number of hydrogen-bond donors (Lipinski definition) is 1. The van der Waals surface area contributed by atoms with Gasteiger partial charge in [-0.15, -0.1) is 0 Å². The van der Waals surface area contributed by atoms with E-state index in [1.165, 1.54) is 5.56 Å². The lowest BCUT2D eigenvalue weighted by molar-refractivity contribution is 0.188. The molecule has 0 bridgehead atoms. The monoisotopic (exact) mass is 264 g/mol. The van der Waals surface area contributed by atoms with E-state index in [0.29, 0.717) is 5.41 Å². The molecular weight excluding hydrogens is 236 g/mol. The Bertz CT molecular complexity index is 354. The number of hydrogen-bond acceptors (Lipinski definition) is 3. The molecule has 0 aliphatic carbocycles. The van der Waals surface area contributed by atoms with Crippen molar-refractivity contribution in [3.8, 4) is 5.75 Å². The summed E-state index contributed by atoms with van der Waals surface area (Å²) in [5.41, 5.74) is 1.61. The lowest BCUT2D eigenvalue weighted by Crippen LogP contribution is -2.32. The van der Waals surface area contributed by atoms with Gasteiger partial charge in [0.1, 0.15) is 12.4 Å². The van der Waals surface area contributed by atoms with Crippen molar-refractivity contribution in [1.82, 2.24) is 10.2 Å². The zero-order chi connectivity index (χ0) is 14.3. The minimum atomic E-state index is 0.337. The van der Waals surface area contributed by atoms with Crippen LogP contribution in [0.25, 0.3) is 0 Å². The molecule has 0 radical (unpaired) electrons. The summed E-state index contributed by atoms with van der Waals surface area (Å²) < 4.78 is 5.76. The Morgan fingerprint density at radius 2 is 1.79 bits per heavy atom. The van der Waals surface area contributed by atoms with Crippen LogP contribution < -0.4 is 10.1 Å². The minimum Gasteiger partial charge on any atom is -0.492 e. The van der Waals surface area contributed by atoms with Gasteiger partial charge >= 0.3 is 0 Å². The Labute approximate surface area is 118 Å². The van der Waals surface area contributed by atoms with Crippen molar-refractivity contribution in [3.05, 3.63) is 29.8 Å². The number of ether oxygens (including phenoxy) is 1. The van der Waals surface area contributed by atoms with E-state index in [2.05, 4.69) is 50.2 Å². The summed E-state index contributed by atoms with van der Waals surface area (Å²) in [6, 6.07) is 8.28. The first-order valence-electron chi connectivity index (χ1n) is 6.95. The van der Waals surface area contributed by atoms with Gasteiger partial charge in [-0.1, -0.05) is 32.9 Å². The normalized spacial score (nSPS) is 11.9. The van der Waals surface area contributed by atoms with Crippen LogP contribution in [0, 0.1) is 5.41 Å². The molecule has 108 valence electrons. The predicted octanol–water partition coefficient (Wildman–Crippen LogP) is 2.76. The van der Waals surface area contributed by atoms with Crippen LogP contribution in [0.3, 0.4) is 0 Å². The number of nitrogens with zero attached hydrogens (tertiary/aromatic N) is 1. The van der Waals surface area contributed by atoms with Crippen molar-refractivity contribution in [3.63, 3.8) is 0 Å². The summed E-state index contributed by atoms with van der Waals surface area (Å²) in [6.07, 6.45) is 0. The van der Waals surface area contributed by atoms with Crippen LogP contribution in [0.2, 0.25) is 0 Å². The van der Waals surface area contributed by atoms with Crippen molar-refractivity contribution in [2.75, 3.05) is 33.8 Å². The summed E-state index contributed by atoms with van der Waals surface area (Å²) in [5.74, 6) is 0.948. The maximum absolute atomic E-state index is 5.76. The third-order valence-corrected chi connectivity index (χ3v) is 2.79. The highest BCUT2D eigenvalue weighted by atomic mass is 16.5. The molecule has 0 aromatic heterocycles. The molecule has 1 N–H and O–H groups in total. The van der Waals surface area contributed by atoms with Crippen LogP contribution >= 0.6 is 0 Å². The third kappa shape index (κ3) is 7.19. The highest BCUT2D eigenvalue weighted by Crippen LogP contribution is 2.14. The second-order valence-electron chi connectivity index (χ2n) is 6.32. The number of likely N-dealkylation sites (N-methyl/N-ethyl adjacent to an activating group) is 1. The van der Waals surface area contributed by atoms with Crippen LogP contribution in [-0.2, 0) is 6.54 Å². The van der Waals surface area contributed by atoms with Gasteiger partial charge in [0.05, 0.1) is 0 Å². The molecule has 1 aromatic rings. The first-order chi connectivity index (χ1) is 8.90. The Morgan fingerprint density at radius 1 is 1.16 bits per heavy atom. The minimum absolute atomic E-state index is 0.337. The highest BCUT2D eigenvalue weighted by molar-refractivity contribution is 5.27. The number of nitrogens with one attached hydrogen (secondary N) is 1. The molecule has 0 spiro atoms.